The van der Waals surface area contributed by atoms with Crippen molar-refractivity contribution in [3.05, 3.63) is 71.9 Å². The van der Waals surface area contributed by atoms with E-state index in [0.717, 1.165) is 24.0 Å². The molecule has 1 heterocycles. The summed E-state index contributed by atoms with van der Waals surface area (Å²) in [6.45, 7) is 4.08. The molecule has 0 spiro atoms. The van der Waals surface area contributed by atoms with Gasteiger partial charge in [-0.25, -0.2) is 0 Å². The fraction of sp³-hybridized carbons (Fsp3) is 0.391. The fourth-order valence-corrected chi connectivity index (χ4v) is 3.45. The summed E-state index contributed by atoms with van der Waals surface area (Å²) in [5, 5.41) is 4.08. The van der Waals surface area contributed by atoms with Crippen LogP contribution in [0.1, 0.15) is 37.0 Å². The van der Waals surface area contributed by atoms with Crippen molar-refractivity contribution in [3.63, 3.8) is 0 Å². The lowest BCUT2D eigenvalue weighted by Gasteiger charge is -2.27. The molecule has 1 aromatic heterocycles. The van der Waals surface area contributed by atoms with Crippen molar-refractivity contribution < 1.29 is 14.0 Å². The Bertz CT molecular complexity index is 891. The summed E-state index contributed by atoms with van der Waals surface area (Å²) in [7, 11) is 1.64. The van der Waals surface area contributed by atoms with Gasteiger partial charge in [0.15, 0.2) is 6.61 Å². The Morgan fingerprint density at radius 3 is 2.45 bits per heavy atom. The summed E-state index contributed by atoms with van der Waals surface area (Å²) in [5.74, 6) is 3.48. The molecule has 1 aliphatic rings. The van der Waals surface area contributed by atoms with Gasteiger partial charge in [0.25, 0.3) is 0 Å². The average molecular weight is 393 g/mol. The molecule has 0 radical (unpaired) electrons. The van der Waals surface area contributed by atoms with Gasteiger partial charge in [-0.05, 0) is 55.5 Å². The largest absolute Gasteiger partial charge is 0.497 e. The molecule has 1 atom stereocenters. The molecule has 6 heteroatoms. The van der Waals surface area contributed by atoms with Crippen LogP contribution in [0.3, 0.4) is 0 Å². The first-order valence-corrected chi connectivity index (χ1v) is 10.1. The lowest BCUT2D eigenvalue weighted by Crippen LogP contribution is -2.33. The first-order valence-electron chi connectivity index (χ1n) is 10.1. The monoisotopic (exact) mass is 393 g/mol. The molecule has 0 N–H and O–H groups in total. The SMILES string of the molecule is COc1ccc(OCc2noc(CN(Cc3ccccc3)[C@H](C)C3CC3)n2)cc1. The van der Waals surface area contributed by atoms with Crippen LogP contribution in [0.15, 0.2) is 59.1 Å². The Hall–Kier alpha value is -2.86. The highest BCUT2D eigenvalue weighted by atomic mass is 16.5. The third-order valence-corrected chi connectivity index (χ3v) is 5.38. The maximum Gasteiger partial charge on any atom is 0.240 e. The third-order valence-electron chi connectivity index (χ3n) is 5.38. The van der Waals surface area contributed by atoms with Crippen LogP contribution in [0.25, 0.3) is 0 Å². The van der Waals surface area contributed by atoms with E-state index in [1.54, 1.807) is 7.11 Å². The third kappa shape index (κ3) is 5.35. The number of hydrogen-bond donors (Lipinski definition) is 0. The number of rotatable bonds is 10. The van der Waals surface area contributed by atoms with E-state index in [1.807, 2.05) is 30.3 Å². The lowest BCUT2D eigenvalue weighted by molar-refractivity contribution is 0.150. The van der Waals surface area contributed by atoms with Crippen LogP contribution in [-0.4, -0.2) is 28.2 Å². The Balaban J connectivity index is 1.37. The molecule has 1 fully saturated rings. The predicted octanol–water partition coefficient (Wildman–Crippen LogP) is 4.46. The van der Waals surface area contributed by atoms with Gasteiger partial charge in [-0.2, -0.15) is 4.98 Å². The minimum Gasteiger partial charge on any atom is -0.497 e. The van der Waals surface area contributed by atoms with E-state index < -0.39 is 0 Å². The molecule has 152 valence electrons. The van der Waals surface area contributed by atoms with Gasteiger partial charge < -0.3 is 14.0 Å². The number of hydrogen-bond acceptors (Lipinski definition) is 6. The first-order chi connectivity index (χ1) is 14.2. The van der Waals surface area contributed by atoms with Crippen LogP contribution in [0.5, 0.6) is 11.5 Å². The first kappa shape index (κ1) is 19.5. The normalized spacial score (nSPS) is 14.7. The van der Waals surface area contributed by atoms with Crippen molar-refractivity contribution in [1.82, 2.24) is 15.0 Å². The number of benzene rings is 2. The quantitative estimate of drug-likeness (QED) is 0.507. The molecular formula is C23H27N3O3. The van der Waals surface area contributed by atoms with Crippen LogP contribution in [0.2, 0.25) is 0 Å². The molecule has 1 saturated carbocycles. The molecule has 0 saturated heterocycles. The van der Waals surface area contributed by atoms with Crippen LogP contribution >= 0.6 is 0 Å². The van der Waals surface area contributed by atoms with E-state index in [-0.39, 0.29) is 6.61 Å². The number of nitrogens with zero attached hydrogens (tertiary/aromatic N) is 3. The summed E-state index contributed by atoms with van der Waals surface area (Å²) in [6.07, 6.45) is 2.61. The van der Waals surface area contributed by atoms with Crippen molar-refractivity contribution in [2.45, 2.75) is 45.5 Å². The second kappa shape index (κ2) is 9.09. The number of methoxy groups -OCH3 is 1. The minimum atomic E-state index is 0.271. The van der Waals surface area contributed by atoms with Crippen molar-refractivity contribution in [3.8, 4) is 11.5 Å². The second-order valence-electron chi connectivity index (χ2n) is 7.54. The van der Waals surface area contributed by atoms with Gasteiger partial charge >= 0.3 is 0 Å². The Labute approximate surface area is 171 Å². The van der Waals surface area contributed by atoms with E-state index >= 15 is 0 Å². The van der Waals surface area contributed by atoms with Crippen molar-refractivity contribution in [2.24, 2.45) is 5.92 Å². The highest BCUT2D eigenvalue weighted by Gasteiger charge is 2.32. The summed E-state index contributed by atoms with van der Waals surface area (Å²) in [4.78, 5) is 6.96. The minimum absolute atomic E-state index is 0.271. The van der Waals surface area contributed by atoms with Crippen molar-refractivity contribution in [1.29, 1.82) is 0 Å². The lowest BCUT2D eigenvalue weighted by atomic mass is 10.1. The second-order valence-corrected chi connectivity index (χ2v) is 7.54. The summed E-state index contributed by atoms with van der Waals surface area (Å²) < 4.78 is 16.4. The predicted molar refractivity (Wildman–Crippen MR) is 109 cm³/mol. The van der Waals surface area contributed by atoms with E-state index in [4.69, 9.17) is 14.0 Å². The highest BCUT2D eigenvalue weighted by molar-refractivity contribution is 5.31. The molecular weight excluding hydrogens is 366 g/mol. The van der Waals surface area contributed by atoms with Gasteiger partial charge in [0.1, 0.15) is 11.5 Å². The molecule has 2 aromatic carbocycles. The molecule has 0 bridgehead atoms. The summed E-state index contributed by atoms with van der Waals surface area (Å²) in [6, 6.07) is 18.5. The summed E-state index contributed by atoms with van der Waals surface area (Å²) >= 11 is 0. The van der Waals surface area contributed by atoms with Gasteiger partial charge in [-0.15, -0.1) is 0 Å². The van der Waals surface area contributed by atoms with Crippen molar-refractivity contribution in [2.75, 3.05) is 7.11 Å². The highest BCUT2D eigenvalue weighted by Crippen LogP contribution is 2.36. The summed E-state index contributed by atoms with van der Waals surface area (Å²) in [5.41, 5.74) is 1.29. The molecule has 3 aromatic rings. The average Bonchev–Trinajstić information content (AvgIpc) is 3.52. The zero-order valence-corrected chi connectivity index (χ0v) is 17.0. The van der Waals surface area contributed by atoms with Crippen molar-refractivity contribution >= 4 is 0 Å². The number of ether oxygens (including phenoxy) is 2. The maximum absolute atomic E-state index is 5.75. The van der Waals surface area contributed by atoms with Gasteiger partial charge in [-0.3, -0.25) is 4.90 Å². The van der Waals surface area contributed by atoms with Crippen LogP contribution in [0, 0.1) is 5.92 Å². The van der Waals surface area contributed by atoms with Gasteiger partial charge in [-0.1, -0.05) is 35.5 Å². The van der Waals surface area contributed by atoms with E-state index in [0.29, 0.717) is 24.3 Å². The van der Waals surface area contributed by atoms with Gasteiger partial charge in [0, 0.05) is 12.6 Å². The van der Waals surface area contributed by atoms with E-state index in [1.165, 1.54) is 18.4 Å². The Morgan fingerprint density at radius 1 is 1.03 bits per heavy atom. The molecule has 0 aliphatic heterocycles. The van der Waals surface area contributed by atoms with E-state index in [9.17, 15) is 0 Å². The molecule has 0 unspecified atom stereocenters. The van der Waals surface area contributed by atoms with Gasteiger partial charge in [0.2, 0.25) is 11.7 Å². The molecule has 29 heavy (non-hydrogen) atoms. The fourth-order valence-electron chi connectivity index (χ4n) is 3.45. The molecule has 6 nitrogen and oxygen atoms in total. The van der Waals surface area contributed by atoms with Crippen LogP contribution in [-0.2, 0) is 19.7 Å². The topological polar surface area (TPSA) is 60.6 Å². The molecule has 0 amide bonds. The maximum atomic E-state index is 5.75. The van der Waals surface area contributed by atoms with E-state index in [2.05, 4.69) is 46.2 Å². The van der Waals surface area contributed by atoms with Crippen LogP contribution in [0.4, 0.5) is 0 Å². The standard InChI is InChI=1S/C23H27N3O3/c1-17(19-8-9-19)26(14-18-6-4-3-5-7-18)15-23-24-22(25-29-23)16-28-21-12-10-20(27-2)11-13-21/h3-7,10-13,17,19H,8-9,14-16H2,1-2H3/t17-/m1/s1. The Kier molecular flexibility index (Phi) is 6.10. The van der Waals surface area contributed by atoms with Crippen LogP contribution < -0.4 is 9.47 Å². The Morgan fingerprint density at radius 2 is 1.76 bits per heavy atom. The zero-order valence-electron chi connectivity index (χ0n) is 17.0. The smallest absolute Gasteiger partial charge is 0.240 e. The van der Waals surface area contributed by atoms with Gasteiger partial charge in [0.05, 0.1) is 13.7 Å². The molecule has 4 rings (SSSR count). The zero-order chi connectivity index (χ0) is 20.1. The molecule has 1 aliphatic carbocycles. The number of aromatic nitrogens is 2.